The number of hydrogen-bond acceptors (Lipinski definition) is 4. The molecule has 0 aliphatic rings. The van der Waals surface area contributed by atoms with E-state index >= 15 is 0 Å². The standard InChI is InChI=1S/C16H21ClN4/c1-3-21(4-2)16-19-12-10-15(20-16)18-11-9-13-5-7-14(17)8-6-13/h5-8,10,12H,3-4,9,11H2,1-2H3,(H,18,19,20). The lowest BCUT2D eigenvalue weighted by molar-refractivity contribution is 0.820. The first-order valence-electron chi connectivity index (χ1n) is 7.29. The Hall–Kier alpha value is -1.81. The van der Waals surface area contributed by atoms with Crippen LogP contribution in [0.1, 0.15) is 19.4 Å². The fourth-order valence-electron chi connectivity index (χ4n) is 2.09. The zero-order valence-corrected chi connectivity index (χ0v) is 13.3. The molecule has 2 rings (SSSR count). The van der Waals surface area contributed by atoms with Gasteiger partial charge in [-0.1, -0.05) is 23.7 Å². The largest absolute Gasteiger partial charge is 0.370 e. The first-order valence-corrected chi connectivity index (χ1v) is 7.67. The third kappa shape index (κ3) is 4.60. The van der Waals surface area contributed by atoms with Crippen LogP contribution in [0.15, 0.2) is 36.5 Å². The van der Waals surface area contributed by atoms with Crippen LogP contribution in [-0.2, 0) is 6.42 Å². The molecule has 0 aliphatic carbocycles. The number of rotatable bonds is 7. The number of anilines is 2. The Kier molecular flexibility index (Phi) is 5.81. The Morgan fingerprint density at radius 2 is 1.81 bits per heavy atom. The number of hydrogen-bond donors (Lipinski definition) is 1. The molecule has 5 heteroatoms. The summed E-state index contributed by atoms with van der Waals surface area (Å²) in [6, 6.07) is 9.83. The SMILES string of the molecule is CCN(CC)c1nccc(NCCc2ccc(Cl)cc2)n1. The molecule has 112 valence electrons. The topological polar surface area (TPSA) is 41.1 Å². The summed E-state index contributed by atoms with van der Waals surface area (Å²) in [6.45, 7) is 6.85. The lowest BCUT2D eigenvalue weighted by Crippen LogP contribution is -2.24. The highest BCUT2D eigenvalue weighted by Crippen LogP contribution is 2.12. The van der Waals surface area contributed by atoms with Crippen LogP contribution in [0.25, 0.3) is 0 Å². The van der Waals surface area contributed by atoms with E-state index in [2.05, 4.69) is 34.0 Å². The predicted molar refractivity (Wildman–Crippen MR) is 89.2 cm³/mol. The zero-order valence-electron chi connectivity index (χ0n) is 12.5. The van der Waals surface area contributed by atoms with Crippen molar-refractivity contribution in [2.75, 3.05) is 29.9 Å². The van der Waals surface area contributed by atoms with Gasteiger partial charge in [0.2, 0.25) is 5.95 Å². The molecule has 21 heavy (non-hydrogen) atoms. The maximum Gasteiger partial charge on any atom is 0.227 e. The molecule has 2 aromatic rings. The summed E-state index contributed by atoms with van der Waals surface area (Å²) in [5.41, 5.74) is 1.25. The highest BCUT2D eigenvalue weighted by Gasteiger charge is 2.05. The van der Waals surface area contributed by atoms with Gasteiger partial charge in [0.05, 0.1) is 0 Å². The van der Waals surface area contributed by atoms with Crippen molar-refractivity contribution >= 4 is 23.4 Å². The highest BCUT2D eigenvalue weighted by molar-refractivity contribution is 6.30. The molecule has 1 aromatic heterocycles. The first kappa shape index (κ1) is 15.6. The fraction of sp³-hybridized carbons (Fsp3) is 0.375. The van der Waals surface area contributed by atoms with E-state index in [4.69, 9.17) is 11.6 Å². The van der Waals surface area contributed by atoms with Gasteiger partial charge in [0, 0.05) is 30.9 Å². The molecule has 0 unspecified atom stereocenters. The van der Waals surface area contributed by atoms with E-state index in [1.54, 1.807) is 6.20 Å². The van der Waals surface area contributed by atoms with Gasteiger partial charge in [-0.05, 0) is 44.0 Å². The number of nitrogens with one attached hydrogen (secondary N) is 1. The Bertz CT molecular complexity index is 552. The van der Waals surface area contributed by atoms with E-state index in [0.29, 0.717) is 0 Å². The summed E-state index contributed by atoms with van der Waals surface area (Å²) < 4.78 is 0. The van der Waals surface area contributed by atoms with Crippen molar-refractivity contribution in [1.29, 1.82) is 0 Å². The average Bonchev–Trinajstić information content (AvgIpc) is 2.51. The molecule has 1 heterocycles. The summed E-state index contributed by atoms with van der Waals surface area (Å²) in [5.74, 6) is 1.64. The lowest BCUT2D eigenvalue weighted by Gasteiger charge is -2.18. The Labute approximate surface area is 131 Å². The number of nitrogens with zero attached hydrogens (tertiary/aromatic N) is 3. The summed E-state index contributed by atoms with van der Waals surface area (Å²) in [7, 11) is 0. The summed E-state index contributed by atoms with van der Waals surface area (Å²) >= 11 is 5.88. The highest BCUT2D eigenvalue weighted by atomic mass is 35.5. The molecule has 4 nitrogen and oxygen atoms in total. The molecule has 1 N–H and O–H groups in total. The smallest absolute Gasteiger partial charge is 0.227 e. The van der Waals surface area contributed by atoms with E-state index < -0.39 is 0 Å². The quantitative estimate of drug-likeness (QED) is 0.848. The molecule has 1 aromatic carbocycles. The maximum absolute atomic E-state index is 5.88. The molecule has 0 amide bonds. The van der Waals surface area contributed by atoms with Crippen molar-refractivity contribution in [2.24, 2.45) is 0 Å². The lowest BCUT2D eigenvalue weighted by atomic mass is 10.1. The van der Waals surface area contributed by atoms with E-state index in [1.165, 1.54) is 5.56 Å². The molecule has 0 saturated heterocycles. The van der Waals surface area contributed by atoms with Crippen LogP contribution < -0.4 is 10.2 Å². The van der Waals surface area contributed by atoms with Gasteiger partial charge in [0.25, 0.3) is 0 Å². The normalized spacial score (nSPS) is 10.4. The molecule has 0 saturated carbocycles. The van der Waals surface area contributed by atoms with Crippen molar-refractivity contribution < 1.29 is 0 Å². The molecule has 0 aliphatic heterocycles. The van der Waals surface area contributed by atoms with Gasteiger partial charge >= 0.3 is 0 Å². The molecular formula is C16H21ClN4. The van der Waals surface area contributed by atoms with Crippen LogP contribution in [-0.4, -0.2) is 29.6 Å². The van der Waals surface area contributed by atoms with Gasteiger partial charge in [0.15, 0.2) is 0 Å². The molecular weight excluding hydrogens is 284 g/mol. The Morgan fingerprint density at radius 3 is 2.48 bits per heavy atom. The molecule has 0 radical (unpaired) electrons. The average molecular weight is 305 g/mol. The van der Waals surface area contributed by atoms with Crippen LogP contribution in [0, 0.1) is 0 Å². The third-order valence-electron chi connectivity index (χ3n) is 3.32. The van der Waals surface area contributed by atoms with Crippen molar-refractivity contribution in [1.82, 2.24) is 9.97 Å². The Balaban J connectivity index is 1.91. The molecule has 0 fully saturated rings. The van der Waals surface area contributed by atoms with E-state index in [0.717, 1.165) is 42.8 Å². The van der Waals surface area contributed by atoms with Gasteiger partial charge in [-0.2, -0.15) is 4.98 Å². The van der Waals surface area contributed by atoms with Crippen LogP contribution in [0.5, 0.6) is 0 Å². The second-order valence-electron chi connectivity index (χ2n) is 4.72. The monoisotopic (exact) mass is 304 g/mol. The van der Waals surface area contributed by atoms with Crippen molar-refractivity contribution in [3.8, 4) is 0 Å². The summed E-state index contributed by atoms with van der Waals surface area (Å²) in [6.07, 6.45) is 2.73. The minimum atomic E-state index is 0.770. The molecule has 0 atom stereocenters. The number of halogens is 1. The van der Waals surface area contributed by atoms with E-state index in [-0.39, 0.29) is 0 Å². The van der Waals surface area contributed by atoms with Crippen molar-refractivity contribution in [3.63, 3.8) is 0 Å². The van der Waals surface area contributed by atoms with Crippen molar-refractivity contribution in [3.05, 3.63) is 47.1 Å². The summed E-state index contributed by atoms with van der Waals surface area (Å²) in [4.78, 5) is 11.0. The minimum Gasteiger partial charge on any atom is -0.370 e. The number of aromatic nitrogens is 2. The fourth-order valence-corrected chi connectivity index (χ4v) is 2.22. The Morgan fingerprint density at radius 1 is 1.10 bits per heavy atom. The van der Waals surface area contributed by atoms with Crippen LogP contribution in [0.2, 0.25) is 5.02 Å². The first-order chi connectivity index (χ1) is 10.2. The second-order valence-corrected chi connectivity index (χ2v) is 5.15. The van der Waals surface area contributed by atoms with Crippen LogP contribution >= 0.6 is 11.6 Å². The summed E-state index contributed by atoms with van der Waals surface area (Å²) in [5, 5.41) is 4.11. The third-order valence-corrected chi connectivity index (χ3v) is 3.57. The molecule has 0 bridgehead atoms. The second kappa shape index (κ2) is 7.84. The van der Waals surface area contributed by atoms with Gasteiger partial charge in [0.1, 0.15) is 5.82 Å². The van der Waals surface area contributed by atoms with E-state index in [1.807, 2.05) is 30.3 Å². The van der Waals surface area contributed by atoms with Crippen LogP contribution in [0.4, 0.5) is 11.8 Å². The van der Waals surface area contributed by atoms with Crippen LogP contribution in [0.3, 0.4) is 0 Å². The maximum atomic E-state index is 5.88. The molecule has 0 spiro atoms. The minimum absolute atomic E-state index is 0.770. The predicted octanol–water partition coefficient (Wildman–Crippen LogP) is 3.63. The van der Waals surface area contributed by atoms with Crippen molar-refractivity contribution in [2.45, 2.75) is 20.3 Å². The van der Waals surface area contributed by atoms with E-state index in [9.17, 15) is 0 Å². The van der Waals surface area contributed by atoms with Gasteiger partial charge < -0.3 is 10.2 Å². The van der Waals surface area contributed by atoms with Gasteiger partial charge in [-0.3, -0.25) is 0 Å². The zero-order chi connectivity index (χ0) is 15.1. The van der Waals surface area contributed by atoms with Gasteiger partial charge in [-0.25, -0.2) is 4.98 Å². The number of benzene rings is 1. The van der Waals surface area contributed by atoms with Gasteiger partial charge in [-0.15, -0.1) is 0 Å².